The Balaban J connectivity index is 2.04. The minimum atomic E-state index is -0.869. The molecule has 2 aromatic rings. The van der Waals surface area contributed by atoms with Crippen LogP contribution in [0.1, 0.15) is 29.8 Å². The highest BCUT2D eigenvalue weighted by Crippen LogP contribution is 2.27. The van der Waals surface area contributed by atoms with Crippen molar-refractivity contribution < 1.29 is 15.1 Å². The third kappa shape index (κ3) is 3.40. The van der Waals surface area contributed by atoms with Gasteiger partial charge in [0.1, 0.15) is 0 Å². The summed E-state index contributed by atoms with van der Waals surface area (Å²) in [6.45, 7) is 0. The van der Waals surface area contributed by atoms with Gasteiger partial charge < -0.3 is 10.2 Å². The van der Waals surface area contributed by atoms with Crippen LogP contribution in [0, 0.1) is 10.1 Å². The van der Waals surface area contributed by atoms with E-state index in [1.807, 2.05) is 18.2 Å². The first kappa shape index (κ1) is 14.2. The minimum absolute atomic E-state index is 0.0236. The van der Waals surface area contributed by atoms with Gasteiger partial charge in [-0.2, -0.15) is 0 Å². The van der Waals surface area contributed by atoms with Gasteiger partial charge in [0.15, 0.2) is 0 Å². The number of rotatable bonds is 5. The lowest BCUT2D eigenvalue weighted by Gasteiger charge is -2.16. The number of aliphatic hydroxyl groups excluding tert-OH is 2. The van der Waals surface area contributed by atoms with Crippen LogP contribution < -0.4 is 0 Å². The SMILES string of the molecule is O=[N+]([O-])c1ccc(C(O)CC(O)c2ccccc2)cc1. The molecule has 2 aromatic carbocycles. The monoisotopic (exact) mass is 273 g/mol. The lowest BCUT2D eigenvalue weighted by atomic mass is 9.99. The Kier molecular flexibility index (Phi) is 4.45. The number of hydrogen-bond acceptors (Lipinski definition) is 4. The first-order valence-corrected chi connectivity index (χ1v) is 6.23. The van der Waals surface area contributed by atoms with Crippen molar-refractivity contribution in [3.63, 3.8) is 0 Å². The van der Waals surface area contributed by atoms with E-state index in [1.54, 1.807) is 12.1 Å². The van der Waals surface area contributed by atoms with Crippen LogP contribution in [0.3, 0.4) is 0 Å². The van der Waals surface area contributed by atoms with Gasteiger partial charge in [-0.3, -0.25) is 10.1 Å². The second kappa shape index (κ2) is 6.27. The molecule has 0 spiro atoms. The summed E-state index contributed by atoms with van der Waals surface area (Å²) < 4.78 is 0. The van der Waals surface area contributed by atoms with Gasteiger partial charge in [-0.1, -0.05) is 30.3 Å². The van der Waals surface area contributed by atoms with Crippen molar-refractivity contribution in [2.24, 2.45) is 0 Å². The summed E-state index contributed by atoms with van der Waals surface area (Å²) in [5.74, 6) is 0. The van der Waals surface area contributed by atoms with Gasteiger partial charge in [0, 0.05) is 18.6 Å². The summed E-state index contributed by atoms with van der Waals surface area (Å²) in [5.41, 5.74) is 1.25. The summed E-state index contributed by atoms with van der Waals surface area (Å²) in [6.07, 6.45) is -1.51. The van der Waals surface area contributed by atoms with Crippen molar-refractivity contribution in [3.8, 4) is 0 Å². The summed E-state index contributed by atoms with van der Waals surface area (Å²) in [5, 5.41) is 30.6. The fourth-order valence-corrected chi connectivity index (χ4v) is 1.98. The maximum Gasteiger partial charge on any atom is 0.269 e. The Bertz CT molecular complexity index is 568. The Morgan fingerprint density at radius 2 is 1.40 bits per heavy atom. The molecule has 0 saturated carbocycles. The van der Waals surface area contributed by atoms with Crippen molar-refractivity contribution in [2.75, 3.05) is 0 Å². The zero-order chi connectivity index (χ0) is 14.5. The average molecular weight is 273 g/mol. The number of nitro benzene ring substituents is 1. The van der Waals surface area contributed by atoms with Crippen LogP contribution in [-0.4, -0.2) is 15.1 Å². The van der Waals surface area contributed by atoms with E-state index in [2.05, 4.69) is 0 Å². The molecule has 2 N–H and O–H groups in total. The van der Waals surface area contributed by atoms with E-state index in [9.17, 15) is 20.3 Å². The molecule has 2 rings (SSSR count). The van der Waals surface area contributed by atoms with Gasteiger partial charge in [-0.15, -0.1) is 0 Å². The predicted octanol–water partition coefficient (Wildman–Crippen LogP) is 2.75. The summed E-state index contributed by atoms with van der Waals surface area (Å²) in [6, 6.07) is 14.7. The van der Waals surface area contributed by atoms with Gasteiger partial charge in [0.05, 0.1) is 17.1 Å². The second-order valence-electron chi connectivity index (χ2n) is 4.53. The molecule has 0 aliphatic rings. The Hall–Kier alpha value is -2.24. The first-order valence-electron chi connectivity index (χ1n) is 6.23. The Morgan fingerprint density at radius 1 is 0.900 bits per heavy atom. The van der Waals surface area contributed by atoms with Crippen LogP contribution in [-0.2, 0) is 0 Å². The standard InChI is InChI=1S/C15H15NO4/c17-14(11-4-2-1-3-5-11)10-15(18)12-6-8-13(9-7-12)16(19)20/h1-9,14-15,17-18H,10H2. The summed E-state index contributed by atoms with van der Waals surface area (Å²) in [7, 11) is 0. The van der Waals surface area contributed by atoms with Crippen LogP contribution in [0.4, 0.5) is 5.69 Å². The molecule has 0 aromatic heterocycles. The van der Waals surface area contributed by atoms with Crippen molar-refractivity contribution >= 4 is 5.69 Å². The molecule has 2 unspecified atom stereocenters. The van der Waals surface area contributed by atoms with E-state index < -0.39 is 17.1 Å². The van der Waals surface area contributed by atoms with E-state index in [0.717, 1.165) is 5.56 Å². The van der Waals surface area contributed by atoms with Crippen molar-refractivity contribution in [1.82, 2.24) is 0 Å². The van der Waals surface area contributed by atoms with Crippen LogP contribution in [0.15, 0.2) is 54.6 Å². The molecule has 0 heterocycles. The fourth-order valence-electron chi connectivity index (χ4n) is 1.98. The topological polar surface area (TPSA) is 83.6 Å². The van der Waals surface area contributed by atoms with Crippen LogP contribution in [0.25, 0.3) is 0 Å². The fraction of sp³-hybridized carbons (Fsp3) is 0.200. The number of benzene rings is 2. The van der Waals surface area contributed by atoms with Gasteiger partial charge >= 0.3 is 0 Å². The molecule has 0 fully saturated rings. The second-order valence-corrected chi connectivity index (χ2v) is 4.53. The lowest BCUT2D eigenvalue weighted by molar-refractivity contribution is -0.384. The van der Waals surface area contributed by atoms with E-state index in [1.165, 1.54) is 24.3 Å². The highest BCUT2D eigenvalue weighted by Gasteiger charge is 2.16. The van der Waals surface area contributed by atoms with Crippen molar-refractivity contribution in [3.05, 3.63) is 75.8 Å². The molecule has 20 heavy (non-hydrogen) atoms. The molecule has 0 radical (unpaired) electrons. The lowest BCUT2D eigenvalue weighted by Crippen LogP contribution is -2.05. The van der Waals surface area contributed by atoms with E-state index in [-0.39, 0.29) is 12.1 Å². The maximum absolute atomic E-state index is 10.5. The number of nitrogens with zero attached hydrogens (tertiary/aromatic N) is 1. The zero-order valence-electron chi connectivity index (χ0n) is 10.7. The van der Waals surface area contributed by atoms with Gasteiger partial charge in [0.2, 0.25) is 0 Å². The molecule has 5 nitrogen and oxygen atoms in total. The van der Waals surface area contributed by atoms with Gasteiger partial charge in [0.25, 0.3) is 5.69 Å². The highest BCUT2D eigenvalue weighted by molar-refractivity contribution is 5.34. The maximum atomic E-state index is 10.5. The highest BCUT2D eigenvalue weighted by atomic mass is 16.6. The minimum Gasteiger partial charge on any atom is -0.388 e. The molecule has 0 saturated heterocycles. The van der Waals surface area contributed by atoms with Crippen molar-refractivity contribution in [2.45, 2.75) is 18.6 Å². The molecule has 0 aliphatic heterocycles. The smallest absolute Gasteiger partial charge is 0.269 e. The average Bonchev–Trinajstić information content (AvgIpc) is 2.48. The zero-order valence-corrected chi connectivity index (χ0v) is 10.7. The Labute approximate surface area is 116 Å². The molecule has 2 atom stereocenters. The molecule has 104 valence electrons. The van der Waals surface area contributed by atoms with Gasteiger partial charge in [-0.05, 0) is 23.3 Å². The molecule has 5 heteroatoms. The van der Waals surface area contributed by atoms with E-state index >= 15 is 0 Å². The Morgan fingerprint density at radius 3 is 1.90 bits per heavy atom. The number of nitro groups is 1. The van der Waals surface area contributed by atoms with Crippen LogP contribution >= 0.6 is 0 Å². The number of aliphatic hydroxyl groups is 2. The van der Waals surface area contributed by atoms with E-state index in [4.69, 9.17) is 0 Å². The quantitative estimate of drug-likeness (QED) is 0.648. The summed E-state index contributed by atoms with van der Waals surface area (Å²) >= 11 is 0. The first-order chi connectivity index (χ1) is 9.58. The normalized spacial score (nSPS) is 13.7. The molecule has 0 amide bonds. The molecule has 0 bridgehead atoms. The predicted molar refractivity (Wildman–Crippen MR) is 74.1 cm³/mol. The largest absolute Gasteiger partial charge is 0.388 e. The van der Waals surface area contributed by atoms with Crippen LogP contribution in [0.2, 0.25) is 0 Å². The molecule has 0 aliphatic carbocycles. The third-order valence-electron chi connectivity index (χ3n) is 3.12. The molecular weight excluding hydrogens is 258 g/mol. The van der Waals surface area contributed by atoms with E-state index in [0.29, 0.717) is 5.56 Å². The third-order valence-corrected chi connectivity index (χ3v) is 3.12. The van der Waals surface area contributed by atoms with Crippen LogP contribution in [0.5, 0.6) is 0 Å². The number of hydrogen-bond donors (Lipinski definition) is 2. The van der Waals surface area contributed by atoms with Gasteiger partial charge in [-0.25, -0.2) is 0 Å². The number of non-ortho nitro benzene ring substituents is 1. The van der Waals surface area contributed by atoms with Crippen molar-refractivity contribution in [1.29, 1.82) is 0 Å². The summed E-state index contributed by atoms with van der Waals surface area (Å²) in [4.78, 5) is 10.1. The molecular formula is C15H15NO4.